The van der Waals surface area contributed by atoms with E-state index in [1.807, 2.05) is 29.3 Å². The third-order valence-corrected chi connectivity index (χ3v) is 7.21. The number of carbonyl (C=O) groups is 1. The maximum Gasteiger partial charge on any atom is 0.254 e. The van der Waals surface area contributed by atoms with Crippen molar-refractivity contribution in [3.63, 3.8) is 0 Å². The molecule has 0 spiro atoms. The largest absolute Gasteiger partial charge is 0.497 e. The molecule has 0 aliphatic carbocycles. The molecule has 3 aromatic carbocycles. The molecule has 6 nitrogen and oxygen atoms in total. The van der Waals surface area contributed by atoms with Crippen molar-refractivity contribution in [2.75, 3.05) is 20.8 Å². The average molecular weight is 496 g/mol. The normalized spacial score (nSPS) is 17.5. The van der Waals surface area contributed by atoms with Gasteiger partial charge in [0, 0.05) is 48.4 Å². The average Bonchev–Trinajstić information content (AvgIpc) is 2.96. The highest BCUT2D eigenvalue weighted by molar-refractivity contribution is 5.95. The van der Waals surface area contributed by atoms with E-state index in [0.717, 1.165) is 31.3 Å². The molecule has 1 aliphatic rings. The van der Waals surface area contributed by atoms with Crippen LogP contribution in [0, 0.1) is 0 Å². The van der Waals surface area contributed by atoms with Crippen LogP contribution < -0.4 is 14.8 Å². The number of hydrogen-bond donors (Lipinski definition) is 1. The number of fused-ring (bicyclic) bond motifs is 1. The summed E-state index contributed by atoms with van der Waals surface area (Å²) in [4.78, 5) is 20.3. The Kier molecular flexibility index (Phi) is 7.66. The van der Waals surface area contributed by atoms with Gasteiger partial charge >= 0.3 is 0 Å². The first kappa shape index (κ1) is 24.8. The van der Waals surface area contributed by atoms with E-state index in [4.69, 9.17) is 9.47 Å². The van der Waals surface area contributed by atoms with E-state index in [1.165, 1.54) is 16.5 Å². The van der Waals surface area contributed by atoms with E-state index in [-0.39, 0.29) is 11.9 Å². The standard InChI is InChI=1S/C31H33N3O3/c1-36-27-17-24(18-28(20-27)37-2)31(35)34-15-13-25(19-26(34)16-22-8-4-3-5-9-22)33-21-23-12-14-32-30-11-7-6-10-29(23)30/h3-12,14,17-18,20,25-26,33H,13,15-16,19,21H2,1-2H3/t25-,26+/m0/s1. The summed E-state index contributed by atoms with van der Waals surface area (Å²) in [5.41, 5.74) is 4.07. The Bertz CT molecular complexity index is 1330. The molecule has 0 radical (unpaired) electrons. The number of carbonyl (C=O) groups excluding carboxylic acids is 1. The lowest BCUT2D eigenvalue weighted by Crippen LogP contribution is -2.51. The van der Waals surface area contributed by atoms with Gasteiger partial charge in [-0.05, 0) is 54.7 Å². The number of piperidine rings is 1. The first-order valence-electron chi connectivity index (χ1n) is 12.8. The minimum atomic E-state index is 0.0108. The SMILES string of the molecule is COc1cc(OC)cc(C(=O)N2CC[C@H](NCc3ccnc4ccccc34)C[C@H]2Cc2ccccc2)c1. The molecule has 1 fully saturated rings. The third kappa shape index (κ3) is 5.75. The van der Waals surface area contributed by atoms with Crippen molar-refractivity contribution >= 4 is 16.8 Å². The van der Waals surface area contributed by atoms with Crippen LogP contribution in [-0.4, -0.2) is 48.6 Å². The number of hydrogen-bond acceptors (Lipinski definition) is 5. The monoisotopic (exact) mass is 495 g/mol. The topological polar surface area (TPSA) is 63.7 Å². The van der Waals surface area contributed by atoms with Crippen LogP contribution in [0.1, 0.15) is 34.3 Å². The van der Waals surface area contributed by atoms with E-state index in [0.29, 0.717) is 29.6 Å². The van der Waals surface area contributed by atoms with Gasteiger partial charge in [0.25, 0.3) is 5.91 Å². The molecule has 2 heterocycles. The summed E-state index contributed by atoms with van der Waals surface area (Å²) in [6, 6.07) is 26.5. The number of aromatic nitrogens is 1. The molecule has 0 bridgehead atoms. The summed E-state index contributed by atoms with van der Waals surface area (Å²) < 4.78 is 10.8. The molecule has 1 saturated heterocycles. The second kappa shape index (κ2) is 11.4. The molecular weight excluding hydrogens is 462 g/mol. The maximum absolute atomic E-state index is 13.8. The molecule has 37 heavy (non-hydrogen) atoms. The third-order valence-electron chi connectivity index (χ3n) is 7.21. The fourth-order valence-electron chi connectivity index (χ4n) is 5.24. The van der Waals surface area contributed by atoms with Crippen molar-refractivity contribution in [1.82, 2.24) is 15.2 Å². The van der Waals surface area contributed by atoms with E-state index in [2.05, 4.69) is 52.8 Å². The maximum atomic E-state index is 13.8. The van der Waals surface area contributed by atoms with Crippen LogP contribution in [0.5, 0.6) is 11.5 Å². The molecule has 5 rings (SSSR count). The smallest absolute Gasteiger partial charge is 0.254 e. The Balaban J connectivity index is 1.35. The quantitative estimate of drug-likeness (QED) is 0.361. The Morgan fingerprint density at radius 3 is 2.46 bits per heavy atom. The van der Waals surface area contributed by atoms with Gasteiger partial charge in [0.1, 0.15) is 11.5 Å². The van der Waals surface area contributed by atoms with E-state index < -0.39 is 0 Å². The van der Waals surface area contributed by atoms with Gasteiger partial charge < -0.3 is 19.7 Å². The highest BCUT2D eigenvalue weighted by Crippen LogP contribution is 2.28. The number of likely N-dealkylation sites (tertiary alicyclic amines) is 1. The number of nitrogens with one attached hydrogen (secondary N) is 1. The van der Waals surface area contributed by atoms with Crippen LogP contribution in [0.4, 0.5) is 0 Å². The number of para-hydroxylation sites is 1. The summed E-state index contributed by atoms with van der Waals surface area (Å²) in [7, 11) is 3.20. The summed E-state index contributed by atoms with van der Waals surface area (Å²) in [6.45, 7) is 1.46. The number of amides is 1. The Labute approximate surface area is 218 Å². The Morgan fingerprint density at radius 2 is 1.70 bits per heavy atom. The molecule has 4 aromatic rings. The van der Waals surface area contributed by atoms with Crippen molar-refractivity contribution in [3.8, 4) is 11.5 Å². The lowest BCUT2D eigenvalue weighted by molar-refractivity contribution is 0.0575. The molecule has 6 heteroatoms. The van der Waals surface area contributed by atoms with Crippen LogP contribution in [0.15, 0.2) is 85.1 Å². The molecule has 2 atom stereocenters. The van der Waals surface area contributed by atoms with Gasteiger partial charge in [-0.3, -0.25) is 9.78 Å². The molecule has 0 saturated carbocycles. The fraction of sp³-hybridized carbons (Fsp3) is 0.290. The van der Waals surface area contributed by atoms with Crippen LogP contribution in [-0.2, 0) is 13.0 Å². The van der Waals surface area contributed by atoms with Crippen molar-refractivity contribution < 1.29 is 14.3 Å². The Hall–Kier alpha value is -3.90. The molecule has 1 aromatic heterocycles. The zero-order valence-corrected chi connectivity index (χ0v) is 21.4. The van der Waals surface area contributed by atoms with E-state index in [1.54, 1.807) is 32.4 Å². The van der Waals surface area contributed by atoms with Crippen LogP contribution in [0.25, 0.3) is 10.9 Å². The molecule has 1 amide bonds. The predicted molar refractivity (Wildman–Crippen MR) is 146 cm³/mol. The second-order valence-electron chi connectivity index (χ2n) is 9.53. The van der Waals surface area contributed by atoms with E-state index in [9.17, 15) is 4.79 Å². The lowest BCUT2D eigenvalue weighted by atomic mass is 9.91. The number of nitrogens with zero attached hydrogens (tertiary/aromatic N) is 2. The molecule has 190 valence electrons. The summed E-state index contributed by atoms with van der Waals surface area (Å²) >= 11 is 0. The zero-order valence-electron chi connectivity index (χ0n) is 21.4. The van der Waals surface area contributed by atoms with Gasteiger partial charge in [-0.2, -0.15) is 0 Å². The van der Waals surface area contributed by atoms with Crippen molar-refractivity contribution in [2.24, 2.45) is 0 Å². The number of rotatable bonds is 8. The van der Waals surface area contributed by atoms with Crippen LogP contribution in [0.3, 0.4) is 0 Å². The first-order chi connectivity index (χ1) is 18.1. The predicted octanol–water partition coefficient (Wildman–Crippen LogP) is 5.26. The van der Waals surface area contributed by atoms with Gasteiger partial charge in [-0.1, -0.05) is 48.5 Å². The number of benzene rings is 3. The first-order valence-corrected chi connectivity index (χ1v) is 12.8. The zero-order chi connectivity index (χ0) is 25.6. The summed E-state index contributed by atoms with van der Waals surface area (Å²) in [6.07, 6.45) is 4.46. The van der Waals surface area contributed by atoms with Crippen molar-refractivity contribution in [1.29, 1.82) is 0 Å². The van der Waals surface area contributed by atoms with Crippen LogP contribution in [0.2, 0.25) is 0 Å². The highest BCUT2D eigenvalue weighted by Gasteiger charge is 2.32. The van der Waals surface area contributed by atoms with Gasteiger partial charge in [0.2, 0.25) is 0 Å². The van der Waals surface area contributed by atoms with Crippen molar-refractivity contribution in [3.05, 3.63) is 102 Å². The number of pyridine rings is 1. The van der Waals surface area contributed by atoms with Gasteiger partial charge in [0.15, 0.2) is 0 Å². The number of ether oxygens (including phenoxy) is 2. The summed E-state index contributed by atoms with van der Waals surface area (Å²) in [5.74, 6) is 1.24. The van der Waals surface area contributed by atoms with Crippen molar-refractivity contribution in [2.45, 2.75) is 37.9 Å². The highest BCUT2D eigenvalue weighted by atomic mass is 16.5. The molecule has 0 unspecified atom stereocenters. The van der Waals surface area contributed by atoms with Gasteiger partial charge in [-0.15, -0.1) is 0 Å². The second-order valence-corrected chi connectivity index (χ2v) is 9.53. The molecule has 1 aliphatic heterocycles. The minimum absolute atomic E-state index is 0.0108. The molecular formula is C31H33N3O3. The summed E-state index contributed by atoms with van der Waals surface area (Å²) in [5, 5.41) is 4.95. The fourth-order valence-corrected chi connectivity index (χ4v) is 5.24. The number of methoxy groups -OCH3 is 2. The minimum Gasteiger partial charge on any atom is -0.497 e. The van der Waals surface area contributed by atoms with Gasteiger partial charge in [-0.25, -0.2) is 0 Å². The van der Waals surface area contributed by atoms with E-state index >= 15 is 0 Å². The Morgan fingerprint density at radius 1 is 0.973 bits per heavy atom. The van der Waals surface area contributed by atoms with Gasteiger partial charge in [0.05, 0.1) is 19.7 Å². The molecule has 1 N–H and O–H groups in total. The van der Waals surface area contributed by atoms with Crippen LogP contribution >= 0.6 is 0 Å². The lowest BCUT2D eigenvalue weighted by Gasteiger charge is -2.40.